The summed E-state index contributed by atoms with van der Waals surface area (Å²) in [6.07, 6.45) is 0.421. The second-order valence-electron chi connectivity index (χ2n) is 5.24. The zero-order valence-corrected chi connectivity index (χ0v) is 12.8. The average molecular weight is 335 g/mol. The van der Waals surface area contributed by atoms with Crippen LogP contribution in [0.1, 0.15) is 12.6 Å². The van der Waals surface area contributed by atoms with E-state index in [1.807, 2.05) is 0 Å². The van der Waals surface area contributed by atoms with Crippen molar-refractivity contribution in [2.75, 3.05) is 6.61 Å². The van der Waals surface area contributed by atoms with Gasteiger partial charge in [0, 0.05) is 0 Å². The number of hydrogen-bond acceptors (Lipinski definition) is 4. The molecule has 2 heterocycles. The minimum Gasteiger partial charge on any atom is -0.503 e. The second kappa shape index (κ2) is 6.04. The fourth-order valence-electron chi connectivity index (χ4n) is 2.71. The van der Waals surface area contributed by atoms with Crippen molar-refractivity contribution in [2.24, 2.45) is 0 Å². The van der Waals surface area contributed by atoms with E-state index >= 15 is 0 Å². The standard InChI is InChI=1S/C16H15F2N3O3/c1-2-10-12-14(23)15(24)13(11-8(17)4-3-5-9(11)18)19-16(12)21(20-10)6-7-22/h3-5,22,24H,2,6-7H2,1H3,(H,19,23). The highest BCUT2D eigenvalue weighted by molar-refractivity contribution is 5.84. The number of benzene rings is 1. The van der Waals surface area contributed by atoms with Crippen LogP contribution in [-0.4, -0.2) is 31.6 Å². The number of aromatic nitrogens is 3. The van der Waals surface area contributed by atoms with Gasteiger partial charge in [-0.05, 0) is 18.6 Å². The van der Waals surface area contributed by atoms with Gasteiger partial charge in [-0.15, -0.1) is 0 Å². The highest BCUT2D eigenvalue weighted by Crippen LogP contribution is 2.31. The fourth-order valence-corrected chi connectivity index (χ4v) is 2.71. The molecule has 0 bridgehead atoms. The summed E-state index contributed by atoms with van der Waals surface area (Å²) in [6.45, 7) is 1.65. The topological polar surface area (TPSA) is 91.1 Å². The van der Waals surface area contributed by atoms with Crippen molar-refractivity contribution in [3.8, 4) is 17.0 Å². The number of rotatable bonds is 4. The van der Waals surface area contributed by atoms with Crippen LogP contribution in [0, 0.1) is 11.6 Å². The highest BCUT2D eigenvalue weighted by atomic mass is 19.1. The van der Waals surface area contributed by atoms with E-state index in [0.29, 0.717) is 12.1 Å². The van der Waals surface area contributed by atoms with Gasteiger partial charge in [0.1, 0.15) is 17.3 Å². The SMILES string of the molecule is CCc1nn(CCO)c2[nH]c(-c3c(F)cccc3F)c(O)c(=O)c12. The third kappa shape index (κ3) is 2.35. The number of aliphatic hydroxyl groups excluding tert-OH is 1. The van der Waals surface area contributed by atoms with Crippen LogP contribution in [0.15, 0.2) is 23.0 Å². The quantitative estimate of drug-likeness (QED) is 0.679. The van der Waals surface area contributed by atoms with Gasteiger partial charge in [0.15, 0.2) is 5.75 Å². The van der Waals surface area contributed by atoms with Crippen molar-refractivity contribution >= 4 is 11.0 Å². The molecule has 6 nitrogen and oxygen atoms in total. The lowest BCUT2D eigenvalue weighted by molar-refractivity contribution is 0.271. The number of hydrogen-bond donors (Lipinski definition) is 3. The molecular weight excluding hydrogens is 320 g/mol. The summed E-state index contributed by atoms with van der Waals surface area (Å²) < 4.78 is 29.4. The number of H-pyrrole nitrogens is 1. The first kappa shape index (κ1) is 16.1. The van der Waals surface area contributed by atoms with Crippen LogP contribution in [-0.2, 0) is 13.0 Å². The van der Waals surface area contributed by atoms with Crippen molar-refractivity contribution in [3.05, 3.63) is 45.8 Å². The van der Waals surface area contributed by atoms with E-state index in [1.165, 1.54) is 10.7 Å². The molecule has 3 aromatic rings. The maximum absolute atomic E-state index is 14.0. The Bertz CT molecular complexity index is 959. The van der Waals surface area contributed by atoms with Crippen LogP contribution in [0.4, 0.5) is 8.78 Å². The Morgan fingerprint density at radius 3 is 2.54 bits per heavy atom. The maximum Gasteiger partial charge on any atom is 0.235 e. The normalized spacial score (nSPS) is 11.3. The summed E-state index contributed by atoms with van der Waals surface area (Å²) in [4.78, 5) is 15.2. The van der Waals surface area contributed by atoms with Gasteiger partial charge in [0.25, 0.3) is 0 Å². The van der Waals surface area contributed by atoms with Crippen LogP contribution in [0.2, 0.25) is 0 Å². The Hall–Kier alpha value is -2.74. The smallest absolute Gasteiger partial charge is 0.235 e. The molecule has 126 valence electrons. The number of aryl methyl sites for hydroxylation is 1. The van der Waals surface area contributed by atoms with Crippen molar-refractivity contribution in [1.29, 1.82) is 0 Å². The van der Waals surface area contributed by atoms with E-state index in [9.17, 15) is 18.7 Å². The summed E-state index contributed by atoms with van der Waals surface area (Å²) >= 11 is 0. The molecule has 0 aliphatic heterocycles. The van der Waals surface area contributed by atoms with Crippen LogP contribution >= 0.6 is 0 Å². The molecule has 0 unspecified atom stereocenters. The molecule has 0 atom stereocenters. The molecule has 0 spiro atoms. The Balaban J connectivity index is 2.41. The number of nitrogens with zero attached hydrogens (tertiary/aromatic N) is 2. The van der Waals surface area contributed by atoms with Crippen molar-refractivity contribution < 1.29 is 19.0 Å². The van der Waals surface area contributed by atoms with Crippen molar-refractivity contribution in [3.63, 3.8) is 0 Å². The zero-order valence-electron chi connectivity index (χ0n) is 12.8. The summed E-state index contributed by atoms with van der Waals surface area (Å²) in [5.41, 5.74) is -1.02. The Kier molecular flexibility index (Phi) is 4.06. The largest absolute Gasteiger partial charge is 0.503 e. The first-order valence-electron chi connectivity index (χ1n) is 7.39. The number of aliphatic hydroxyl groups is 1. The van der Waals surface area contributed by atoms with E-state index in [2.05, 4.69) is 10.1 Å². The predicted molar refractivity (Wildman–Crippen MR) is 83.8 cm³/mol. The third-order valence-electron chi connectivity index (χ3n) is 3.81. The fraction of sp³-hybridized carbons (Fsp3) is 0.250. The minimum atomic E-state index is -0.913. The number of aromatic hydroxyl groups is 1. The van der Waals surface area contributed by atoms with Gasteiger partial charge < -0.3 is 15.2 Å². The first-order valence-corrected chi connectivity index (χ1v) is 7.39. The monoisotopic (exact) mass is 335 g/mol. The molecule has 1 aromatic carbocycles. The number of pyridine rings is 1. The highest BCUT2D eigenvalue weighted by Gasteiger charge is 2.23. The van der Waals surface area contributed by atoms with Crippen LogP contribution < -0.4 is 5.43 Å². The Morgan fingerprint density at radius 2 is 1.96 bits per heavy atom. The molecule has 0 saturated carbocycles. The summed E-state index contributed by atoms with van der Waals surface area (Å²) in [7, 11) is 0. The minimum absolute atomic E-state index is 0.0937. The Labute approximate surface area is 135 Å². The number of halogens is 2. The van der Waals surface area contributed by atoms with Gasteiger partial charge in [-0.2, -0.15) is 5.10 Å². The molecule has 2 aromatic heterocycles. The summed E-state index contributed by atoms with van der Waals surface area (Å²) in [5, 5.41) is 23.7. The maximum atomic E-state index is 14.0. The van der Waals surface area contributed by atoms with Crippen molar-refractivity contribution in [2.45, 2.75) is 19.9 Å². The lowest BCUT2D eigenvalue weighted by Crippen LogP contribution is -2.09. The van der Waals surface area contributed by atoms with Crippen LogP contribution in [0.5, 0.6) is 5.75 Å². The first-order chi connectivity index (χ1) is 11.5. The molecule has 0 saturated heterocycles. The molecule has 0 amide bonds. The zero-order chi connectivity index (χ0) is 17.4. The van der Waals surface area contributed by atoms with Gasteiger partial charge in [-0.1, -0.05) is 13.0 Å². The second-order valence-corrected chi connectivity index (χ2v) is 5.24. The van der Waals surface area contributed by atoms with Crippen LogP contribution in [0.3, 0.4) is 0 Å². The van der Waals surface area contributed by atoms with E-state index in [0.717, 1.165) is 12.1 Å². The molecule has 0 aliphatic rings. The van der Waals surface area contributed by atoms with Gasteiger partial charge >= 0.3 is 0 Å². The molecule has 3 rings (SSSR count). The average Bonchev–Trinajstić information content (AvgIpc) is 2.90. The Morgan fingerprint density at radius 1 is 1.29 bits per heavy atom. The third-order valence-corrected chi connectivity index (χ3v) is 3.81. The van der Waals surface area contributed by atoms with Gasteiger partial charge in [-0.3, -0.25) is 4.79 Å². The molecule has 0 radical (unpaired) electrons. The molecule has 3 N–H and O–H groups in total. The lowest BCUT2D eigenvalue weighted by atomic mass is 10.1. The van der Waals surface area contributed by atoms with Gasteiger partial charge in [0.05, 0.1) is 35.5 Å². The van der Waals surface area contributed by atoms with Crippen molar-refractivity contribution in [1.82, 2.24) is 14.8 Å². The number of fused-ring (bicyclic) bond motifs is 1. The molecular formula is C16H15F2N3O3. The van der Waals surface area contributed by atoms with E-state index in [-0.39, 0.29) is 29.9 Å². The molecule has 0 fully saturated rings. The number of nitrogens with one attached hydrogen (secondary N) is 1. The van der Waals surface area contributed by atoms with Gasteiger partial charge in [-0.25, -0.2) is 13.5 Å². The van der Waals surface area contributed by atoms with E-state index < -0.39 is 28.4 Å². The molecule has 24 heavy (non-hydrogen) atoms. The van der Waals surface area contributed by atoms with Gasteiger partial charge in [0.2, 0.25) is 5.43 Å². The molecule has 0 aliphatic carbocycles. The van der Waals surface area contributed by atoms with E-state index in [1.54, 1.807) is 6.92 Å². The molecule has 8 heteroatoms. The lowest BCUT2D eigenvalue weighted by Gasteiger charge is -2.09. The number of aromatic amines is 1. The summed E-state index contributed by atoms with van der Waals surface area (Å²) in [5.74, 6) is -2.60. The summed E-state index contributed by atoms with van der Waals surface area (Å²) in [6, 6.07) is 3.25. The van der Waals surface area contributed by atoms with E-state index in [4.69, 9.17) is 5.11 Å². The predicted octanol–water partition coefficient (Wildman–Crippen LogP) is 1.93. The van der Waals surface area contributed by atoms with Crippen LogP contribution in [0.25, 0.3) is 22.3 Å².